The van der Waals surface area contributed by atoms with Gasteiger partial charge in [-0.2, -0.15) is 0 Å². The molecule has 0 saturated heterocycles. The smallest absolute Gasteiger partial charge is 0.00489 e. The van der Waals surface area contributed by atoms with Crippen LogP contribution in [0.4, 0.5) is 0 Å². The van der Waals surface area contributed by atoms with E-state index < -0.39 is 0 Å². The average Bonchev–Trinajstić information content (AvgIpc) is 2.60. The first-order valence-electron chi connectivity index (χ1n) is 11.6. The molecule has 0 aromatic rings. The first-order valence-corrected chi connectivity index (χ1v) is 11.6. The minimum absolute atomic E-state index is 1.24. The Bertz CT molecular complexity index is 180. The van der Waals surface area contributed by atoms with Crippen molar-refractivity contribution in [2.24, 2.45) is 0 Å². The van der Waals surface area contributed by atoms with Crippen LogP contribution in [0.5, 0.6) is 0 Å². The Balaban J connectivity index is 2.93. The average molecular weight is 340 g/mol. The zero-order chi connectivity index (χ0) is 17.6. The highest BCUT2D eigenvalue weighted by Gasteiger charge is 1.94. The third-order valence-electron chi connectivity index (χ3n) is 5.16. The third-order valence-corrected chi connectivity index (χ3v) is 5.16. The van der Waals surface area contributed by atoms with Crippen molar-refractivity contribution in [2.45, 2.75) is 136 Å². The quantitative estimate of drug-likeness (QED) is 0.209. The van der Waals surface area contributed by atoms with Gasteiger partial charge in [-0.05, 0) is 25.9 Å². The fraction of sp³-hybridized carbons (Fsp3) is 1.00. The lowest BCUT2D eigenvalue weighted by molar-refractivity contribution is 0.526. The maximum Gasteiger partial charge on any atom is -0.00489 e. The van der Waals surface area contributed by atoms with Crippen molar-refractivity contribution in [1.29, 1.82) is 0 Å². The molecule has 0 aromatic carbocycles. The van der Waals surface area contributed by atoms with E-state index in [9.17, 15) is 0 Å². The molecule has 0 atom stereocenters. The van der Waals surface area contributed by atoms with Crippen LogP contribution in [0.2, 0.25) is 0 Å². The van der Waals surface area contributed by atoms with Gasteiger partial charge in [-0.3, -0.25) is 0 Å². The Morgan fingerprint density at radius 3 is 0.875 bits per heavy atom. The van der Waals surface area contributed by atoms with E-state index in [2.05, 4.69) is 19.2 Å². The van der Waals surface area contributed by atoms with E-state index >= 15 is 0 Å². The summed E-state index contributed by atoms with van der Waals surface area (Å²) in [5.74, 6) is 0. The summed E-state index contributed by atoms with van der Waals surface area (Å²) >= 11 is 0. The first kappa shape index (κ1) is 24.0. The molecule has 0 bridgehead atoms. The fourth-order valence-electron chi connectivity index (χ4n) is 3.42. The Kier molecular flexibility index (Phi) is 22.9. The molecule has 0 amide bonds. The molecule has 24 heavy (non-hydrogen) atoms. The van der Waals surface area contributed by atoms with Crippen molar-refractivity contribution < 1.29 is 0 Å². The van der Waals surface area contributed by atoms with Crippen LogP contribution in [-0.4, -0.2) is 13.1 Å². The van der Waals surface area contributed by atoms with Gasteiger partial charge in [0, 0.05) is 0 Å². The van der Waals surface area contributed by atoms with Gasteiger partial charge in [-0.1, -0.05) is 123 Å². The van der Waals surface area contributed by atoms with Crippen LogP contribution in [0.3, 0.4) is 0 Å². The van der Waals surface area contributed by atoms with Gasteiger partial charge in [-0.15, -0.1) is 0 Å². The summed E-state index contributed by atoms with van der Waals surface area (Å²) < 4.78 is 0. The molecule has 0 radical (unpaired) electrons. The molecule has 0 rings (SSSR count). The summed E-state index contributed by atoms with van der Waals surface area (Å²) in [5, 5.41) is 3.63. The largest absolute Gasteiger partial charge is 0.317 e. The zero-order valence-electron chi connectivity index (χ0n) is 17.3. The van der Waals surface area contributed by atoms with E-state index in [1.165, 1.54) is 135 Å². The summed E-state index contributed by atoms with van der Waals surface area (Å²) in [5.41, 5.74) is 0. The standard InChI is InChI=1S/C23H49N/c1-3-5-7-9-11-13-14-15-17-19-21-23-24-22-20-18-16-12-10-8-6-4-2/h24H,3-23H2,1-2H3. The Morgan fingerprint density at radius 2 is 0.583 bits per heavy atom. The van der Waals surface area contributed by atoms with Crippen LogP contribution < -0.4 is 5.32 Å². The normalized spacial score (nSPS) is 11.2. The van der Waals surface area contributed by atoms with Crippen LogP contribution >= 0.6 is 0 Å². The lowest BCUT2D eigenvalue weighted by Gasteiger charge is -2.05. The summed E-state index contributed by atoms with van der Waals surface area (Å²) in [6.07, 6.45) is 27.3. The third kappa shape index (κ3) is 22.0. The molecular formula is C23H49N. The monoisotopic (exact) mass is 339 g/mol. The second-order valence-corrected chi connectivity index (χ2v) is 7.76. The lowest BCUT2D eigenvalue weighted by atomic mass is 10.1. The molecule has 0 aliphatic rings. The molecule has 1 heteroatoms. The van der Waals surface area contributed by atoms with Gasteiger partial charge in [0.15, 0.2) is 0 Å². The maximum absolute atomic E-state index is 3.63. The van der Waals surface area contributed by atoms with Gasteiger partial charge < -0.3 is 5.32 Å². The van der Waals surface area contributed by atoms with Gasteiger partial charge in [0.05, 0.1) is 0 Å². The van der Waals surface area contributed by atoms with E-state index in [1.54, 1.807) is 0 Å². The molecule has 0 spiro atoms. The maximum atomic E-state index is 3.63. The molecule has 1 N–H and O–H groups in total. The van der Waals surface area contributed by atoms with Crippen molar-refractivity contribution >= 4 is 0 Å². The van der Waals surface area contributed by atoms with E-state index in [4.69, 9.17) is 0 Å². The Labute approximate surface area is 154 Å². The molecule has 0 unspecified atom stereocenters. The van der Waals surface area contributed by atoms with Crippen molar-refractivity contribution in [3.05, 3.63) is 0 Å². The second kappa shape index (κ2) is 23.0. The number of hydrogen-bond acceptors (Lipinski definition) is 1. The van der Waals surface area contributed by atoms with Crippen LogP contribution in [0, 0.1) is 0 Å². The van der Waals surface area contributed by atoms with Gasteiger partial charge >= 0.3 is 0 Å². The Morgan fingerprint density at radius 1 is 0.333 bits per heavy atom. The molecule has 0 aromatic heterocycles. The van der Waals surface area contributed by atoms with Crippen LogP contribution in [0.15, 0.2) is 0 Å². The highest BCUT2D eigenvalue weighted by atomic mass is 14.8. The number of rotatable bonds is 21. The fourth-order valence-corrected chi connectivity index (χ4v) is 3.42. The number of unbranched alkanes of at least 4 members (excludes halogenated alkanes) is 17. The van der Waals surface area contributed by atoms with Crippen LogP contribution in [0.1, 0.15) is 136 Å². The summed E-state index contributed by atoms with van der Waals surface area (Å²) in [4.78, 5) is 0. The molecule has 0 saturated carbocycles. The van der Waals surface area contributed by atoms with Crippen molar-refractivity contribution in [1.82, 2.24) is 5.32 Å². The number of nitrogens with one attached hydrogen (secondary N) is 1. The van der Waals surface area contributed by atoms with Crippen molar-refractivity contribution in [3.8, 4) is 0 Å². The van der Waals surface area contributed by atoms with Gasteiger partial charge in [-0.25, -0.2) is 0 Å². The minimum atomic E-state index is 1.24. The van der Waals surface area contributed by atoms with E-state index in [-0.39, 0.29) is 0 Å². The Hall–Kier alpha value is -0.0400. The SMILES string of the molecule is CCCCCCCCCCCCCNCCCCCCCCCC. The summed E-state index contributed by atoms with van der Waals surface area (Å²) in [6, 6.07) is 0. The molecule has 0 aliphatic carbocycles. The molecule has 0 aliphatic heterocycles. The molecular weight excluding hydrogens is 290 g/mol. The zero-order valence-corrected chi connectivity index (χ0v) is 17.3. The molecule has 0 heterocycles. The first-order chi connectivity index (χ1) is 11.9. The van der Waals surface area contributed by atoms with Gasteiger partial charge in [0.1, 0.15) is 0 Å². The molecule has 0 fully saturated rings. The lowest BCUT2D eigenvalue weighted by Crippen LogP contribution is -2.16. The van der Waals surface area contributed by atoms with Crippen molar-refractivity contribution in [3.63, 3.8) is 0 Å². The van der Waals surface area contributed by atoms with Crippen LogP contribution in [-0.2, 0) is 0 Å². The summed E-state index contributed by atoms with van der Waals surface area (Å²) in [7, 11) is 0. The highest BCUT2D eigenvalue weighted by Crippen LogP contribution is 2.11. The second-order valence-electron chi connectivity index (χ2n) is 7.76. The van der Waals surface area contributed by atoms with Gasteiger partial charge in [0.25, 0.3) is 0 Å². The predicted octanol–water partition coefficient (Wildman–Crippen LogP) is 8.03. The van der Waals surface area contributed by atoms with E-state index in [0.717, 1.165) is 0 Å². The predicted molar refractivity (Wildman–Crippen MR) is 112 cm³/mol. The van der Waals surface area contributed by atoms with Crippen LogP contribution in [0.25, 0.3) is 0 Å². The van der Waals surface area contributed by atoms with Gasteiger partial charge in [0.2, 0.25) is 0 Å². The van der Waals surface area contributed by atoms with Crippen molar-refractivity contribution in [2.75, 3.05) is 13.1 Å². The molecule has 146 valence electrons. The molecule has 1 nitrogen and oxygen atoms in total. The topological polar surface area (TPSA) is 12.0 Å². The van der Waals surface area contributed by atoms with E-state index in [1.807, 2.05) is 0 Å². The number of hydrogen-bond donors (Lipinski definition) is 1. The summed E-state index contributed by atoms with van der Waals surface area (Å²) in [6.45, 7) is 7.08. The van der Waals surface area contributed by atoms with E-state index in [0.29, 0.717) is 0 Å². The highest BCUT2D eigenvalue weighted by molar-refractivity contribution is 4.52. The minimum Gasteiger partial charge on any atom is -0.317 e.